The van der Waals surface area contributed by atoms with Crippen molar-refractivity contribution in [3.8, 4) is 11.4 Å². The molecule has 0 aliphatic heterocycles. The zero-order chi connectivity index (χ0) is 9.97. The number of nitrogens with two attached hydrogens (primary N) is 1. The van der Waals surface area contributed by atoms with Crippen LogP contribution in [0.4, 0.5) is 0 Å². The highest BCUT2D eigenvalue weighted by atomic mass is 32.1. The summed E-state index contributed by atoms with van der Waals surface area (Å²) >= 11 is 3.24. The molecule has 1 atom stereocenters. The first kappa shape index (κ1) is 9.76. The van der Waals surface area contributed by atoms with Crippen molar-refractivity contribution in [3.05, 3.63) is 21.3 Å². The van der Waals surface area contributed by atoms with E-state index in [2.05, 4.69) is 9.97 Å². The predicted molar refractivity (Wildman–Crippen MR) is 60.6 cm³/mol. The van der Waals surface area contributed by atoms with Crippen molar-refractivity contribution in [1.82, 2.24) is 9.97 Å². The first-order chi connectivity index (χ1) is 6.75. The van der Waals surface area contributed by atoms with Gasteiger partial charge in [-0.25, -0.2) is 9.97 Å². The topological polar surface area (TPSA) is 51.8 Å². The van der Waals surface area contributed by atoms with Gasteiger partial charge in [0.1, 0.15) is 11.4 Å². The minimum atomic E-state index is 0.171. The second kappa shape index (κ2) is 4.16. The van der Waals surface area contributed by atoms with Crippen LogP contribution in [0.1, 0.15) is 11.9 Å². The van der Waals surface area contributed by atoms with Crippen LogP contribution in [0.2, 0.25) is 0 Å². The van der Waals surface area contributed by atoms with E-state index in [1.165, 1.54) is 0 Å². The zero-order valence-electron chi connectivity index (χ0n) is 7.80. The third-order valence-electron chi connectivity index (χ3n) is 1.74. The van der Waals surface area contributed by atoms with Crippen molar-refractivity contribution in [2.24, 2.45) is 5.73 Å². The first-order valence-corrected chi connectivity index (χ1v) is 6.16. The third kappa shape index (κ3) is 2.17. The largest absolute Gasteiger partial charge is 0.328 e. The Bertz CT molecular complexity index is 392. The van der Waals surface area contributed by atoms with E-state index in [0.29, 0.717) is 0 Å². The average Bonchev–Trinajstić information content (AvgIpc) is 2.69. The molecule has 0 aromatic carbocycles. The molecule has 1 unspecified atom stereocenters. The Kier molecular flexibility index (Phi) is 2.90. The van der Waals surface area contributed by atoms with Crippen LogP contribution in [0.3, 0.4) is 0 Å². The van der Waals surface area contributed by atoms with Gasteiger partial charge in [-0.05, 0) is 6.92 Å². The summed E-state index contributed by atoms with van der Waals surface area (Å²) in [5.41, 5.74) is 9.45. The van der Waals surface area contributed by atoms with Crippen molar-refractivity contribution >= 4 is 22.7 Å². The van der Waals surface area contributed by atoms with E-state index in [4.69, 9.17) is 5.73 Å². The normalized spacial score (nSPS) is 13.0. The highest BCUT2D eigenvalue weighted by Crippen LogP contribution is 2.21. The molecule has 0 aliphatic carbocycles. The van der Waals surface area contributed by atoms with E-state index in [1.807, 2.05) is 23.2 Å². The van der Waals surface area contributed by atoms with Crippen molar-refractivity contribution in [2.75, 3.05) is 0 Å². The van der Waals surface area contributed by atoms with Gasteiger partial charge in [0.05, 0.1) is 10.5 Å². The maximum absolute atomic E-state index is 5.71. The van der Waals surface area contributed by atoms with Gasteiger partial charge in [0.2, 0.25) is 0 Å². The molecule has 14 heavy (non-hydrogen) atoms. The summed E-state index contributed by atoms with van der Waals surface area (Å²) in [5.74, 6) is 0. The van der Waals surface area contributed by atoms with E-state index in [-0.39, 0.29) is 6.04 Å². The number of hydrogen-bond donors (Lipinski definition) is 1. The second-order valence-corrected chi connectivity index (χ2v) is 4.84. The summed E-state index contributed by atoms with van der Waals surface area (Å²) in [6, 6.07) is 0.171. The smallest absolute Gasteiger partial charge is 0.101 e. The minimum absolute atomic E-state index is 0.171. The summed E-state index contributed by atoms with van der Waals surface area (Å²) in [6.45, 7) is 1.99. The van der Waals surface area contributed by atoms with Gasteiger partial charge in [-0.15, -0.1) is 22.7 Å². The second-order valence-electron chi connectivity index (χ2n) is 3.18. The van der Waals surface area contributed by atoms with Gasteiger partial charge in [-0.3, -0.25) is 0 Å². The standard InChI is InChI=1S/C9H11N3S2/c1-6(10)2-9-12-8(4-14-9)7-3-13-5-11-7/h3-6H,2,10H2,1H3. The summed E-state index contributed by atoms with van der Waals surface area (Å²) in [6.07, 6.45) is 0.842. The van der Waals surface area contributed by atoms with Crippen LogP contribution in [0.15, 0.2) is 16.3 Å². The molecule has 0 saturated carbocycles. The van der Waals surface area contributed by atoms with E-state index in [9.17, 15) is 0 Å². The van der Waals surface area contributed by atoms with Crippen molar-refractivity contribution in [3.63, 3.8) is 0 Å². The Balaban J connectivity index is 2.18. The molecular weight excluding hydrogens is 214 g/mol. The highest BCUT2D eigenvalue weighted by molar-refractivity contribution is 7.10. The third-order valence-corrected chi connectivity index (χ3v) is 3.20. The summed E-state index contributed by atoms with van der Waals surface area (Å²) < 4.78 is 0. The van der Waals surface area contributed by atoms with Crippen LogP contribution < -0.4 is 5.73 Å². The van der Waals surface area contributed by atoms with Crippen molar-refractivity contribution in [2.45, 2.75) is 19.4 Å². The van der Waals surface area contributed by atoms with E-state index >= 15 is 0 Å². The zero-order valence-corrected chi connectivity index (χ0v) is 9.44. The van der Waals surface area contributed by atoms with E-state index in [1.54, 1.807) is 22.7 Å². The molecule has 0 spiro atoms. The highest BCUT2D eigenvalue weighted by Gasteiger charge is 2.07. The lowest BCUT2D eigenvalue weighted by atomic mass is 10.3. The van der Waals surface area contributed by atoms with Crippen LogP contribution in [0, 0.1) is 0 Å². The molecule has 5 heteroatoms. The molecule has 2 N–H and O–H groups in total. The van der Waals surface area contributed by atoms with Gasteiger partial charge in [-0.1, -0.05) is 0 Å². The molecule has 3 nitrogen and oxygen atoms in total. The average molecular weight is 225 g/mol. The number of hydrogen-bond acceptors (Lipinski definition) is 5. The van der Waals surface area contributed by atoms with E-state index < -0.39 is 0 Å². The molecule has 0 aliphatic rings. The Hall–Kier alpha value is -0.780. The van der Waals surface area contributed by atoms with Gasteiger partial charge in [0.15, 0.2) is 0 Å². The number of nitrogens with zero attached hydrogens (tertiary/aromatic N) is 2. The maximum atomic E-state index is 5.71. The molecule has 0 fully saturated rings. The van der Waals surface area contributed by atoms with Crippen LogP contribution in [0.5, 0.6) is 0 Å². The van der Waals surface area contributed by atoms with Crippen molar-refractivity contribution < 1.29 is 0 Å². The lowest BCUT2D eigenvalue weighted by Crippen LogP contribution is -2.17. The Morgan fingerprint density at radius 2 is 2.29 bits per heavy atom. The minimum Gasteiger partial charge on any atom is -0.328 e. The lowest BCUT2D eigenvalue weighted by molar-refractivity contribution is 0.734. The number of aromatic nitrogens is 2. The van der Waals surface area contributed by atoms with E-state index in [0.717, 1.165) is 22.8 Å². The van der Waals surface area contributed by atoms with Crippen LogP contribution in [-0.2, 0) is 6.42 Å². The number of thiazole rings is 2. The van der Waals surface area contributed by atoms with Gasteiger partial charge < -0.3 is 5.73 Å². The Morgan fingerprint density at radius 1 is 1.43 bits per heavy atom. The molecule has 2 aromatic heterocycles. The van der Waals surface area contributed by atoms with Gasteiger partial charge >= 0.3 is 0 Å². The Morgan fingerprint density at radius 3 is 2.93 bits per heavy atom. The summed E-state index contributed by atoms with van der Waals surface area (Å²) in [4.78, 5) is 8.69. The van der Waals surface area contributed by atoms with Crippen LogP contribution in [0.25, 0.3) is 11.4 Å². The quantitative estimate of drug-likeness (QED) is 0.871. The molecule has 0 bridgehead atoms. The summed E-state index contributed by atoms with van der Waals surface area (Å²) in [7, 11) is 0. The summed E-state index contributed by atoms with van der Waals surface area (Å²) in [5, 5.41) is 5.13. The fraction of sp³-hybridized carbons (Fsp3) is 0.333. The molecule has 2 aromatic rings. The predicted octanol–water partition coefficient (Wildman–Crippen LogP) is 2.16. The van der Waals surface area contributed by atoms with Crippen LogP contribution >= 0.6 is 22.7 Å². The SMILES string of the molecule is CC(N)Cc1nc(-c2cscn2)cs1. The van der Waals surface area contributed by atoms with Gasteiger partial charge in [0, 0.05) is 23.2 Å². The molecular formula is C9H11N3S2. The molecule has 74 valence electrons. The molecule has 0 saturated heterocycles. The monoisotopic (exact) mass is 225 g/mol. The maximum Gasteiger partial charge on any atom is 0.101 e. The Labute approximate surface area is 90.6 Å². The molecule has 2 heterocycles. The van der Waals surface area contributed by atoms with Gasteiger partial charge in [-0.2, -0.15) is 0 Å². The fourth-order valence-electron chi connectivity index (χ4n) is 1.14. The van der Waals surface area contributed by atoms with Crippen molar-refractivity contribution in [1.29, 1.82) is 0 Å². The molecule has 0 radical (unpaired) electrons. The molecule has 0 amide bonds. The molecule has 2 rings (SSSR count). The fourth-order valence-corrected chi connectivity index (χ4v) is 2.61. The van der Waals surface area contributed by atoms with Crippen LogP contribution in [-0.4, -0.2) is 16.0 Å². The lowest BCUT2D eigenvalue weighted by Gasteiger charge is -1.98. The first-order valence-electron chi connectivity index (χ1n) is 4.34. The number of rotatable bonds is 3. The van der Waals surface area contributed by atoms with Gasteiger partial charge in [0.25, 0.3) is 0 Å².